The Morgan fingerprint density at radius 3 is 2.64 bits per heavy atom. The fraction of sp³-hybridized carbons (Fsp3) is 0.500. The first-order valence-electron chi connectivity index (χ1n) is 12.8. The molecule has 1 atom stereocenters. The van der Waals surface area contributed by atoms with Gasteiger partial charge in [0.15, 0.2) is 11.5 Å². The molecule has 0 spiro atoms. The molecule has 0 radical (unpaired) electrons. The Morgan fingerprint density at radius 1 is 1.03 bits per heavy atom. The number of carbonyl (C=O) groups is 2. The van der Waals surface area contributed by atoms with Gasteiger partial charge in [-0.25, -0.2) is 0 Å². The Labute approximate surface area is 212 Å². The van der Waals surface area contributed by atoms with Gasteiger partial charge in [0, 0.05) is 44.7 Å². The van der Waals surface area contributed by atoms with Crippen molar-refractivity contribution in [1.82, 2.24) is 9.80 Å². The zero-order chi connectivity index (χ0) is 25.1. The van der Waals surface area contributed by atoms with Crippen LogP contribution in [-0.2, 0) is 29.0 Å². The van der Waals surface area contributed by atoms with Gasteiger partial charge in [0.05, 0.1) is 26.7 Å². The average Bonchev–Trinajstić information content (AvgIpc) is 3.38. The molecule has 1 unspecified atom stereocenters. The van der Waals surface area contributed by atoms with Crippen molar-refractivity contribution in [2.45, 2.75) is 38.6 Å². The molecule has 36 heavy (non-hydrogen) atoms. The summed E-state index contributed by atoms with van der Waals surface area (Å²) in [6.45, 7) is 4.30. The second-order valence-corrected chi connectivity index (χ2v) is 9.84. The molecular formula is C28H35N3O5. The highest BCUT2D eigenvalue weighted by molar-refractivity contribution is 5.91. The first-order valence-corrected chi connectivity index (χ1v) is 12.8. The van der Waals surface area contributed by atoms with Crippen LogP contribution in [-0.4, -0.2) is 68.6 Å². The van der Waals surface area contributed by atoms with Crippen molar-refractivity contribution in [2.24, 2.45) is 5.92 Å². The molecule has 0 bridgehead atoms. The van der Waals surface area contributed by atoms with E-state index in [0.29, 0.717) is 45.0 Å². The quantitative estimate of drug-likeness (QED) is 0.638. The third-order valence-corrected chi connectivity index (χ3v) is 7.51. The summed E-state index contributed by atoms with van der Waals surface area (Å²) in [6, 6.07) is 9.83. The van der Waals surface area contributed by atoms with E-state index in [-0.39, 0.29) is 17.7 Å². The molecule has 1 fully saturated rings. The minimum Gasteiger partial charge on any atom is -0.493 e. The van der Waals surface area contributed by atoms with Crippen LogP contribution in [0.25, 0.3) is 0 Å². The van der Waals surface area contributed by atoms with Crippen LogP contribution in [0.2, 0.25) is 0 Å². The van der Waals surface area contributed by atoms with Crippen LogP contribution >= 0.6 is 0 Å². The molecule has 1 N–H and O–H groups in total. The molecule has 192 valence electrons. The van der Waals surface area contributed by atoms with Crippen LogP contribution in [0.1, 0.15) is 36.0 Å². The fourth-order valence-corrected chi connectivity index (χ4v) is 5.54. The maximum atomic E-state index is 13.4. The van der Waals surface area contributed by atoms with Gasteiger partial charge in [0.2, 0.25) is 11.8 Å². The molecule has 2 aromatic carbocycles. The van der Waals surface area contributed by atoms with Gasteiger partial charge in [-0.1, -0.05) is 0 Å². The van der Waals surface area contributed by atoms with Crippen molar-refractivity contribution < 1.29 is 23.8 Å². The minimum atomic E-state index is -0.0276. The maximum absolute atomic E-state index is 13.4. The van der Waals surface area contributed by atoms with Gasteiger partial charge in [0.25, 0.3) is 0 Å². The Morgan fingerprint density at radius 2 is 1.83 bits per heavy atom. The second-order valence-electron chi connectivity index (χ2n) is 9.84. The Kier molecular flexibility index (Phi) is 7.32. The van der Waals surface area contributed by atoms with E-state index in [0.717, 1.165) is 60.5 Å². The lowest BCUT2D eigenvalue weighted by Gasteiger charge is -2.36. The molecule has 0 aliphatic carbocycles. The summed E-state index contributed by atoms with van der Waals surface area (Å²) in [5.74, 6) is 2.52. The minimum absolute atomic E-state index is 0.000622. The number of rotatable bonds is 7. The fourth-order valence-electron chi connectivity index (χ4n) is 5.54. The topological polar surface area (TPSA) is 80.3 Å². The van der Waals surface area contributed by atoms with Crippen molar-refractivity contribution in [1.29, 1.82) is 0 Å². The number of amides is 2. The lowest BCUT2D eigenvalue weighted by Crippen LogP contribution is -2.46. The number of anilines is 1. The van der Waals surface area contributed by atoms with Crippen LogP contribution in [0, 0.1) is 5.92 Å². The van der Waals surface area contributed by atoms with Gasteiger partial charge in [-0.15, -0.1) is 0 Å². The maximum Gasteiger partial charge on any atom is 0.227 e. The van der Waals surface area contributed by atoms with Crippen molar-refractivity contribution in [2.75, 3.05) is 52.3 Å². The van der Waals surface area contributed by atoms with Gasteiger partial charge < -0.3 is 29.3 Å². The van der Waals surface area contributed by atoms with Crippen LogP contribution in [0.3, 0.4) is 0 Å². The highest BCUT2D eigenvalue weighted by Gasteiger charge is 2.31. The number of hydrogen-bond acceptors (Lipinski definition) is 6. The monoisotopic (exact) mass is 493 g/mol. The molecule has 0 saturated carbocycles. The normalized spacial score (nSPS) is 19.2. The Hall–Kier alpha value is -3.26. The van der Waals surface area contributed by atoms with Gasteiger partial charge >= 0.3 is 0 Å². The highest BCUT2D eigenvalue weighted by atomic mass is 16.5. The van der Waals surface area contributed by atoms with Crippen molar-refractivity contribution in [3.05, 3.63) is 47.0 Å². The smallest absolute Gasteiger partial charge is 0.227 e. The Balaban J connectivity index is 1.13. The number of ether oxygens (including phenoxy) is 3. The van der Waals surface area contributed by atoms with E-state index >= 15 is 0 Å². The summed E-state index contributed by atoms with van der Waals surface area (Å²) < 4.78 is 16.4. The highest BCUT2D eigenvalue weighted by Crippen LogP contribution is 2.34. The van der Waals surface area contributed by atoms with E-state index in [1.807, 2.05) is 35.2 Å². The predicted octanol–water partition coefficient (Wildman–Crippen LogP) is 3.26. The first kappa shape index (κ1) is 24.4. The molecule has 3 heterocycles. The Bertz CT molecular complexity index is 1130. The second kappa shape index (κ2) is 10.8. The summed E-state index contributed by atoms with van der Waals surface area (Å²) >= 11 is 0. The van der Waals surface area contributed by atoms with Crippen molar-refractivity contribution in [3.63, 3.8) is 0 Å². The van der Waals surface area contributed by atoms with E-state index < -0.39 is 0 Å². The molecule has 2 aromatic rings. The van der Waals surface area contributed by atoms with Gasteiger partial charge in [-0.3, -0.25) is 9.59 Å². The van der Waals surface area contributed by atoms with Gasteiger partial charge in [-0.2, -0.15) is 0 Å². The number of nitrogens with one attached hydrogen (secondary N) is 1. The summed E-state index contributed by atoms with van der Waals surface area (Å²) in [6.07, 6.45) is 3.97. The number of benzene rings is 2. The number of methoxy groups -OCH3 is 2. The molecule has 3 aliphatic rings. The zero-order valence-electron chi connectivity index (χ0n) is 21.2. The van der Waals surface area contributed by atoms with Gasteiger partial charge in [-0.05, 0) is 72.8 Å². The number of likely N-dealkylation sites (tertiary alicyclic amines) is 1. The molecule has 2 amide bonds. The summed E-state index contributed by atoms with van der Waals surface area (Å²) in [5.41, 5.74) is 4.29. The van der Waals surface area contributed by atoms with Gasteiger partial charge in [0.1, 0.15) is 5.75 Å². The van der Waals surface area contributed by atoms with E-state index in [1.54, 1.807) is 14.2 Å². The molecular weight excluding hydrogens is 458 g/mol. The van der Waals surface area contributed by atoms with E-state index in [1.165, 1.54) is 5.56 Å². The molecule has 1 saturated heterocycles. The number of nitrogens with zero attached hydrogens (tertiary/aromatic N) is 2. The van der Waals surface area contributed by atoms with Crippen molar-refractivity contribution in [3.8, 4) is 17.2 Å². The van der Waals surface area contributed by atoms with Crippen LogP contribution in [0.15, 0.2) is 30.3 Å². The first-order chi connectivity index (χ1) is 17.5. The molecule has 0 aromatic heterocycles. The predicted molar refractivity (Wildman–Crippen MR) is 137 cm³/mol. The lowest BCUT2D eigenvalue weighted by atomic mass is 9.93. The largest absolute Gasteiger partial charge is 0.493 e. The number of fused-ring (bicyclic) bond motifs is 2. The molecule has 3 aliphatic heterocycles. The third-order valence-electron chi connectivity index (χ3n) is 7.51. The van der Waals surface area contributed by atoms with E-state index in [4.69, 9.17) is 14.2 Å². The SMILES string of the molecule is COc1cc2c(cc1OC)CN(C(=O)C1CCCN(CCC(=O)Nc3ccc4c(c3)CCO4)C1)CC2. The molecule has 8 nitrogen and oxygen atoms in total. The number of carbonyl (C=O) groups excluding carboxylic acids is 2. The summed E-state index contributed by atoms with van der Waals surface area (Å²) in [7, 11) is 3.28. The number of piperidine rings is 1. The molecule has 8 heteroatoms. The van der Waals surface area contributed by atoms with Crippen LogP contribution in [0.5, 0.6) is 17.2 Å². The lowest BCUT2D eigenvalue weighted by molar-refractivity contribution is -0.138. The standard InChI is InChI=1S/C28H35N3O5/c1-34-25-15-19-7-12-31(18-22(19)16-26(25)35-2)28(33)21-4-3-10-30(17-21)11-8-27(32)29-23-5-6-24-20(14-23)9-13-36-24/h5-6,14-16,21H,3-4,7-13,17-18H2,1-2H3,(H,29,32). The molecule has 5 rings (SSSR count). The average molecular weight is 494 g/mol. The van der Waals surface area contributed by atoms with Crippen LogP contribution < -0.4 is 19.5 Å². The zero-order valence-corrected chi connectivity index (χ0v) is 21.2. The third kappa shape index (κ3) is 5.28. The summed E-state index contributed by atoms with van der Waals surface area (Å²) in [5, 5.41) is 3.01. The van der Waals surface area contributed by atoms with E-state index in [2.05, 4.69) is 10.2 Å². The van der Waals surface area contributed by atoms with Crippen LogP contribution in [0.4, 0.5) is 5.69 Å². The number of hydrogen-bond donors (Lipinski definition) is 1. The van der Waals surface area contributed by atoms with E-state index in [9.17, 15) is 9.59 Å². The van der Waals surface area contributed by atoms with Crippen molar-refractivity contribution >= 4 is 17.5 Å². The summed E-state index contributed by atoms with van der Waals surface area (Å²) in [4.78, 5) is 30.2.